The zero-order valence-electron chi connectivity index (χ0n) is 22.2. The van der Waals surface area contributed by atoms with E-state index < -0.39 is 11.5 Å². The molecule has 0 heterocycles. The average molecular weight is 475 g/mol. The molecule has 4 unspecified atom stereocenters. The second-order valence-corrected chi connectivity index (χ2v) is 14.4. The third-order valence-corrected chi connectivity index (χ3v) is 13.8. The van der Waals surface area contributed by atoms with Crippen LogP contribution in [-0.4, -0.2) is 46.4 Å². The normalized spacial score (nSPS) is 56.7. The first-order valence-corrected chi connectivity index (χ1v) is 14.2. The smallest absolute Gasteiger partial charge is 0.0641 e. The lowest BCUT2D eigenvalue weighted by Crippen LogP contribution is -2.67. The van der Waals surface area contributed by atoms with Gasteiger partial charge in [0, 0.05) is 12.0 Å². The maximum Gasteiger partial charge on any atom is 0.0641 e. The maximum atomic E-state index is 10.9. The third kappa shape index (κ3) is 2.92. The minimum atomic E-state index is -0.407. The van der Waals surface area contributed by atoms with E-state index in [1.165, 1.54) is 19.3 Å². The van der Waals surface area contributed by atoms with Crippen LogP contribution in [0.3, 0.4) is 0 Å². The van der Waals surface area contributed by atoms with Gasteiger partial charge in [-0.1, -0.05) is 34.3 Å². The summed E-state index contributed by atoms with van der Waals surface area (Å²) in [6.07, 6.45) is 10.5. The van der Waals surface area contributed by atoms with E-state index >= 15 is 0 Å². The van der Waals surface area contributed by atoms with Gasteiger partial charge in [0.05, 0.1) is 19.3 Å². The second kappa shape index (κ2) is 8.04. The van der Waals surface area contributed by atoms with Crippen LogP contribution in [0, 0.1) is 56.7 Å². The van der Waals surface area contributed by atoms with Gasteiger partial charge in [-0.05, 0) is 121 Å². The molecule has 0 radical (unpaired) electrons. The summed E-state index contributed by atoms with van der Waals surface area (Å²) in [5, 5.41) is 42.0. The Morgan fingerprint density at radius 2 is 1.50 bits per heavy atom. The zero-order valence-corrected chi connectivity index (χ0v) is 22.2. The Morgan fingerprint density at radius 1 is 0.765 bits per heavy atom. The van der Waals surface area contributed by atoms with E-state index in [0.29, 0.717) is 29.6 Å². The van der Waals surface area contributed by atoms with E-state index in [-0.39, 0.29) is 41.5 Å². The van der Waals surface area contributed by atoms with Crippen molar-refractivity contribution in [3.8, 4) is 0 Å². The predicted molar refractivity (Wildman–Crippen MR) is 135 cm³/mol. The Hall–Kier alpha value is -0.420. The highest BCUT2D eigenvalue weighted by Gasteiger charge is 2.71. The van der Waals surface area contributed by atoms with E-state index in [9.17, 15) is 20.4 Å². The minimum absolute atomic E-state index is 0.00165. The molecule has 0 aromatic rings. The Bertz CT molecular complexity index is 827. The first-order chi connectivity index (χ1) is 16.0. The highest BCUT2D eigenvalue weighted by atomic mass is 16.3. The van der Waals surface area contributed by atoms with Crippen LogP contribution in [0.25, 0.3) is 0 Å². The van der Waals surface area contributed by atoms with Crippen LogP contribution in [-0.2, 0) is 0 Å². The third-order valence-electron chi connectivity index (χ3n) is 13.8. The molecule has 0 amide bonds. The van der Waals surface area contributed by atoms with Crippen molar-refractivity contribution >= 4 is 0 Å². The predicted octanol–water partition coefficient (Wildman–Crippen LogP) is 4.94. The van der Waals surface area contributed by atoms with Crippen molar-refractivity contribution < 1.29 is 20.4 Å². The van der Waals surface area contributed by atoms with Crippen molar-refractivity contribution in [1.29, 1.82) is 0 Å². The maximum absolute atomic E-state index is 10.9. The fourth-order valence-corrected chi connectivity index (χ4v) is 11.6. The van der Waals surface area contributed by atoms with Crippen molar-refractivity contribution in [2.75, 3.05) is 19.8 Å². The molecular weight excluding hydrogens is 424 g/mol. The molecule has 5 aliphatic carbocycles. The first kappa shape index (κ1) is 25.2. The van der Waals surface area contributed by atoms with Gasteiger partial charge in [-0.2, -0.15) is 0 Å². The first-order valence-electron chi connectivity index (χ1n) is 14.2. The highest BCUT2D eigenvalue weighted by molar-refractivity contribution is 5.22. The van der Waals surface area contributed by atoms with Crippen molar-refractivity contribution in [2.45, 2.75) is 98.0 Å². The molecule has 0 saturated heterocycles. The zero-order chi connectivity index (χ0) is 24.7. The summed E-state index contributed by atoms with van der Waals surface area (Å²) >= 11 is 0. The van der Waals surface area contributed by atoms with Gasteiger partial charge < -0.3 is 20.4 Å². The number of fused-ring (bicyclic) bond motifs is 7. The summed E-state index contributed by atoms with van der Waals surface area (Å²) in [5.41, 5.74) is 1.15. The fraction of sp³-hybridized carbons (Fsp3) is 0.933. The van der Waals surface area contributed by atoms with Gasteiger partial charge in [0.15, 0.2) is 0 Å². The minimum Gasteiger partial charge on any atom is -0.396 e. The Labute approximate surface area is 207 Å². The number of hydrogen-bond donors (Lipinski definition) is 4. The van der Waals surface area contributed by atoms with Crippen LogP contribution in [0.5, 0.6) is 0 Å². The van der Waals surface area contributed by atoms with E-state index in [0.717, 1.165) is 50.5 Å². The van der Waals surface area contributed by atoms with Gasteiger partial charge in [-0.25, -0.2) is 0 Å². The van der Waals surface area contributed by atoms with Crippen molar-refractivity contribution in [1.82, 2.24) is 0 Å². The Balaban J connectivity index is 1.54. The molecule has 0 aromatic carbocycles. The molecule has 4 N–H and O–H groups in total. The Kier molecular flexibility index (Phi) is 5.97. The van der Waals surface area contributed by atoms with Crippen LogP contribution >= 0.6 is 0 Å². The molecule has 0 aromatic heterocycles. The lowest BCUT2D eigenvalue weighted by atomic mass is 9.32. The summed E-state index contributed by atoms with van der Waals surface area (Å²) in [7, 11) is 0. The quantitative estimate of drug-likeness (QED) is 0.435. The molecule has 5 rings (SSSR count). The lowest BCUT2D eigenvalue weighted by molar-refractivity contribution is -0.255. The van der Waals surface area contributed by atoms with Crippen LogP contribution in [0.2, 0.25) is 0 Å². The molecule has 4 heteroatoms. The topological polar surface area (TPSA) is 80.9 Å². The number of aliphatic hydroxyl groups is 4. The molecule has 5 fully saturated rings. The van der Waals surface area contributed by atoms with Gasteiger partial charge in [0.2, 0.25) is 0 Å². The molecule has 4 nitrogen and oxygen atoms in total. The van der Waals surface area contributed by atoms with Crippen LogP contribution in [0.15, 0.2) is 12.2 Å². The van der Waals surface area contributed by atoms with Crippen LogP contribution in [0.4, 0.5) is 0 Å². The van der Waals surface area contributed by atoms with Crippen LogP contribution in [0.1, 0.15) is 91.9 Å². The van der Waals surface area contributed by atoms with Crippen molar-refractivity contribution in [3.63, 3.8) is 0 Å². The van der Waals surface area contributed by atoms with Crippen molar-refractivity contribution in [2.24, 2.45) is 56.7 Å². The summed E-state index contributed by atoms with van der Waals surface area (Å²) in [5.74, 6) is 2.27. The molecule has 5 aliphatic rings. The van der Waals surface area contributed by atoms with Gasteiger partial charge in [0.1, 0.15) is 0 Å². The fourth-order valence-electron chi connectivity index (χ4n) is 11.6. The van der Waals surface area contributed by atoms with Crippen molar-refractivity contribution in [3.05, 3.63) is 12.2 Å². The molecule has 0 bridgehead atoms. The number of hydrogen-bond acceptors (Lipinski definition) is 4. The van der Waals surface area contributed by atoms with Gasteiger partial charge in [0.25, 0.3) is 0 Å². The summed E-state index contributed by atoms with van der Waals surface area (Å²) in [4.78, 5) is 0. The van der Waals surface area contributed by atoms with Gasteiger partial charge in [-0.15, -0.1) is 0 Å². The van der Waals surface area contributed by atoms with E-state index in [1.807, 2.05) is 0 Å². The highest BCUT2D eigenvalue weighted by Crippen LogP contribution is 2.77. The number of rotatable bonds is 4. The molecule has 34 heavy (non-hydrogen) atoms. The van der Waals surface area contributed by atoms with E-state index in [1.54, 1.807) is 0 Å². The largest absolute Gasteiger partial charge is 0.396 e. The Morgan fingerprint density at radius 3 is 2.15 bits per heavy atom. The van der Waals surface area contributed by atoms with Crippen LogP contribution < -0.4 is 0 Å². The van der Waals surface area contributed by atoms with Gasteiger partial charge in [-0.3, -0.25) is 0 Å². The summed E-state index contributed by atoms with van der Waals surface area (Å²) in [6.45, 7) is 14.5. The molecule has 0 aliphatic heterocycles. The SMILES string of the molecule is C=C(CO)[C@@H]1CC[C@]2(CO)CC[C@]3(C)C(CCC4[C@@]5(C)CCC(O)[C@@](C)(CO)[C@@H]5CC[C@]43C)C12. The monoisotopic (exact) mass is 474 g/mol. The molecule has 194 valence electrons. The molecular formula is C30H50O4. The second-order valence-electron chi connectivity index (χ2n) is 14.4. The van der Waals surface area contributed by atoms with Gasteiger partial charge >= 0.3 is 0 Å². The summed E-state index contributed by atoms with van der Waals surface area (Å²) < 4.78 is 0. The summed E-state index contributed by atoms with van der Waals surface area (Å²) in [6, 6.07) is 0. The number of aliphatic hydroxyl groups excluding tert-OH is 4. The van der Waals surface area contributed by atoms with E-state index in [4.69, 9.17) is 0 Å². The average Bonchev–Trinajstić information content (AvgIpc) is 3.22. The molecule has 0 spiro atoms. The molecule has 11 atom stereocenters. The van der Waals surface area contributed by atoms with E-state index in [2.05, 4.69) is 34.3 Å². The molecule has 5 saturated carbocycles. The lowest BCUT2D eigenvalue weighted by Gasteiger charge is -2.73. The standard InChI is InChI=1S/C30H50O4/c1-19(16-31)20-8-13-30(18-33)15-14-28(4)21(25(20)30)6-7-23-26(2)11-10-24(34)27(3,17-32)22(26)9-12-29(23,28)5/h20-25,31-34H,1,6-18H2,2-5H3/t20-,21?,22+,23?,24?,25?,26-,27-,28+,29+,30+/m0/s1.